The molecule has 1 saturated heterocycles. The first-order valence-corrected chi connectivity index (χ1v) is 4.99. The average molecular weight is 185 g/mol. The number of rotatable bonds is 2. The van der Waals surface area contributed by atoms with Gasteiger partial charge in [0.1, 0.15) is 0 Å². The van der Waals surface area contributed by atoms with Crippen LogP contribution in [0.1, 0.15) is 27.2 Å². The van der Waals surface area contributed by atoms with Crippen LogP contribution in [0.3, 0.4) is 0 Å². The zero-order valence-electron chi connectivity index (χ0n) is 8.75. The van der Waals surface area contributed by atoms with E-state index in [9.17, 15) is 4.79 Å². The molecule has 1 unspecified atom stereocenters. The summed E-state index contributed by atoms with van der Waals surface area (Å²) < 4.78 is 5.37. The van der Waals surface area contributed by atoms with Crippen LogP contribution in [0.25, 0.3) is 0 Å². The molecule has 1 aliphatic rings. The zero-order chi connectivity index (χ0) is 9.84. The lowest BCUT2D eigenvalue weighted by atomic mass is 10.1. The van der Waals surface area contributed by atoms with Crippen molar-refractivity contribution in [1.29, 1.82) is 0 Å². The largest absolute Gasteiger partial charge is 0.375 e. The van der Waals surface area contributed by atoms with E-state index in [0.29, 0.717) is 18.9 Å². The number of ether oxygens (including phenoxy) is 1. The maximum atomic E-state index is 11.6. The molecule has 0 aliphatic carbocycles. The van der Waals surface area contributed by atoms with Gasteiger partial charge in [-0.2, -0.15) is 0 Å². The lowest BCUT2D eigenvalue weighted by Crippen LogP contribution is -2.44. The van der Waals surface area contributed by atoms with Gasteiger partial charge in [-0.1, -0.05) is 13.8 Å². The minimum absolute atomic E-state index is 0.199. The van der Waals surface area contributed by atoms with E-state index in [1.54, 1.807) is 0 Å². The Morgan fingerprint density at radius 3 is 2.85 bits per heavy atom. The quantitative estimate of drug-likeness (QED) is 0.648. The fourth-order valence-corrected chi connectivity index (χ4v) is 1.52. The lowest BCUT2D eigenvalue weighted by molar-refractivity contribution is -0.138. The standard InChI is InChI=1S/C10H19NO2/c1-8(2)6-10(12)11-4-5-13-9(3)7-11/h8-9H,4-7H2,1-3H3. The van der Waals surface area contributed by atoms with Crippen LogP contribution in [-0.2, 0) is 9.53 Å². The van der Waals surface area contributed by atoms with Gasteiger partial charge in [-0.3, -0.25) is 4.79 Å². The van der Waals surface area contributed by atoms with Crippen LogP contribution in [0, 0.1) is 5.92 Å². The molecule has 1 rings (SSSR count). The van der Waals surface area contributed by atoms with Crippen LogP contribution in [0.4, 0.5) is 0 Å². The molecule has 3 nitrogen and oxygen atoms in total. The van der Waals surface area contributed by atoms with E-state index < -0.39 is 0 Å². The fraction of sp³-hybridized carbons (Fsp3) is 0.900. The smallest absolute Gasteiger partial charge is 0.222 e. The summed E-state index contributed by atoms with van der Waals surface area (Å²) in [5.41, 5.74) is 0. The van der Waals surface area contributed by atoms with E-state index >= 15 is 0 Å². The number of morpholine rings is 1. The minimum Gasteiger partial charge on any atom is -0.375 e. The van der Waals surface area contributed by atoms with E-state index in [-0.39, 0.29) is 12.0 Å². The second-order valence-electron chi connectivity index (χ2n) is 4.12. The van der Waals surface area contributed by atoms with Gasteiger partial charge in [0.25, 0.3) is 0 Å². The number of nitrogens with zero attached hydrogens (tertiary/aromatic N) is 1. The van der Waals surface area contributed by atoms with E-state index in [1.165, 1.54) is 0 Å². The molecule has 0 spiro atoms. The van der Waals surface area contributed by atoms with Gasteiger partial charge in [-0.15, -0.1) is 0 Å². The Hall–Kier alpha value is -0.570. The van der Waals surface area contributed by atoms with Crippen molar-refractivity contribution in [3.8, 4) is 0 Å². The number of hydrogen-bond donors (Lipinski definition) is 0. The highest BCUT2D eigenvalue weighted by molar-refractivity contribution is 5.76. The third-order valence-electron chi connectivity index (χ3n) is 2.18. The first-order valence-electron chi connectivity index (χ1n) is 4.99. The van der Waals surface area contributed by atoms with Crippen LogP contribution in [-0.4, -0.2) is 36.6 Å². The number of hydrogen-bond acceptors (Lipinski definition) is 2. The first kappa shape index (κ1) is 10.5. The lowest BCUT2D eigenvalue weighted by Gasteiger charge is -2.31. The van der Waals surface area contributed by atoms with Crippen molar-refractivity contribution in [2.24, 2.45) is 5.92 Å². The Labute approximate surface area is 80.1 Å². The highest BCUT2D eigenvalue weighted by atomic mass is 16.5. The van der Waals surface area contributed by atoms with Gasteiger partial charge >= 0.3 is 0 Å². The van der Waals surface area contributed by atoms with Crippen molar-refractivity contribution in [1.82, 2.24) is 4.90 Å². The highest BCUT2D eigenvalue weighted by Gasteiger charge is 2.21. The molecule has 1 heterocycles. The van der Waals surface area contributed by atoms with Crippen molar-refractivity contribution in [2.45, 2.75) is 33.3 Å². The summed E-state index contributed by atoms with van der Waals surface area (Å²) in [6.07, 6.45) is 0.858. The van der Waals surface area contributed by atoms with Crippen LogP contribution >= 0.6 is 0 Å². The van der Waals surface area contributed by atoms with E-state index in [1.807, 2.05) is 11.8 Å². The van der Waals surface area contributed by atoms with Crippen molar-refractivity contribution < 1.29 is 9.53 Å². The summed E-state index contributed by atoms with van der Waals surface area (Å²) in [4.78, 5) is 13.5. The monoisotopic (exact) mass is 185 g/mol. The topological polar surface area (TPSA) is 29.5 Å². The predicted molar refractivity (Wildman–Crippen MR) is 51.4 cm³/mol. The molecule has 3 heteroatoms. The molecule has 0 bridgehead atoms. The molecule has 0 saturated carbocycles. The third-order valence-corrected chi connectivity index (χ3v) is 2.18. The van der Waals surface area contributed by atoms with E-state index in [4.69, 9.17) is 4.74 Å². The highest BCUT2D eigenvalue weighted by Crippen LogP contribution is 2.09. The summed E-state index contributed by atoms with van der Waals surface area (Å²) >= 11 is 0. The molecule has 76 valence electrons. The maximum absolute atomic E-state index is 11.6. The first-order chi connectivity index (χ1) is 6.09. The second kappa shape index (κ2) is 4.61. The van der Waals surface area contributed by atoms with E-state index in [2.05, 4.69) is 13.8 Å². The van der Waals surface area contributed by atoms with Crippen LogP contribution in [0.5, 0.6) is 0 Å². The van der Waals surface area contributed by atoms with E-state index in [0.717, 1.165) is 13.1 Å². The van der Waals surface area contributed by atoms with Crippen molar-refractivity contribution in [3.05, 3.63) is 0 Å². The minimum atomic E-state index is 0.199. The van der Waals surface area contributed by atoms with Gasteiger partial charge in [-0.25, -0.2) is 0 Å². The van der Waals surface area contributed by atoms with Gasteiger partial charge in [0.2, 0.25) is 5.91 Å². The average Bonchev–Trinajstić information content (AvgIpc) is 2.03. The van der Waals surface area contributed by atoms with Crippen molar-refractivity contribution >= 4 is 5.91 Å². The molecule has 1 atom stereocenters. The molecular formula is C10H19NO2. The molecule has 0 aromatic carbocycles. The second-order valence-corrected chi connectivity index (χ2v) is 4.12. The molecule has 1 amide bonds. The van der Waals surface area contributed by atoms with Crippen molar-refractivity contribution in [3.63, 3.8) is 0 Å². The predicted octanol–water partition coefficient (Wildman–Crippen LogP) is 1.28. The van der Waals surface area contributed by atoms with Gasteiger partial charge in [0.15, 0.2) is 0 Å². The third kappa shape index (κ3) is 3.35. The Morgan fingerprint density at radius 1 is 1.62 bits per heavy atom. The van der Waals surface area contributed by atoms with Crippen LogP contribution in [0.15, 0.2) is 0 Å². The van der Waals surface area contributed by atoms with Crippen LogP contribution in [0.2, 0.25) is 0 Å². The molecule has 0 radical (unpaired) electrons. The Morgan fingerprint density at radius 2 is 2.31 bits per heavy atom. The summed E-state index contributed by atoms with van der Waals surface area (Å²) in [5.74, 6) is 0.718. The molecule has 0 aromatic heterocycles. The normalized spacial score (nSPS) is 23.7. The molecule has 13 heavy (non-hydrogen) atoms. The SMILES string of the molecule is CC(C)CC(=O)N1CCOC(C)C1. The number of amides is 1. The van der Waals surface area contributed by atoms with Gasteiger partial charge in [-0.05, 0) is 12.8 Å². The van der Waals surface area contributed by atoms with Gasteiger partial charge in [0.05, 0.1) is 12.7 Å². The Bertz CT molecular complexity index is 180. The van der Waals surface area contributed by atoms with Gasteiger partial charge in [0, 0.05) is 19.5 Å². The zero-order valence-corrected chi connectivity index (χ0v) is 8.75. The Balaban J connectivity index is 2.37. The summed E-state index contributed by atoms with van der Waals surface area (Å²) in [6, 6.07) is 0. The summed E-state index contributed by atoms with van der Waals surface area (Å²) in [6.45, 7) is 8.35. The number of carbonyl (C=O) groups is 1. The number of carbonyl (C=O) groups excluding carboxylic acids is 1. The molecule has 1 fully saturated rings. The van der Waals surface area contributed by atoms with Gasteiger partial charge < -0.3 is 9.64 Å². The molecule has 0 aromatic rings. The van der Waals surface area contributed by atoms with Crippen molar-refractivity contribution in [2.75, 3.05) is 19.7 Å². The maximum Gasteiger partial charge on any atom is 0.222 e. The van der Waals surface area contributed by atoms with Crippen LogP contribution < -0.4 is 0 Å². The Kier molecular flexibility index (Phi) is 3.72. The molecule has 1 aliphatic heterocycles. The molecular weight excluding hydrogens is 166 g/mol. The summed E-state index contributed by atoms with van der Waals surface area (Å²) in [7, 11) is 0. The fourth-order valence-electron chi connectivity index (χ4n) is 1.52. The molecule has 0 N–H and O–H groups in total. The summed E-state index contributed by atoms with van der Waals surface area (Å²) in [5, 5.41) is 0.